The molecule has 7 nitrogen and oxygen atoms in total. The number of esters is 1. The molecule has 114 valence electrons. The summed E-state index contributed by atoms with van der Waals surface area (Å²) in [5, 5.41) is 16.4. The van der Waals surface area contributed by atoms with Gasteiger partial charge < -0.3 is 10.1 Å². The number of nitro groups is 1. The molecule has 22 heavy (non-hydrogen) atoms. The fourth-order valence-corrected chi connectivity index (χ4v) is 2.61. The molecule has 0 saturated carbocycles. The number of anilines is 1. The smallest absolute Gasteiger partial charge is 0.340 e. The first-order chi connectivity index (χ1) is 10.4. The minimum absolute atomic E-state index is 0.0575. The number of non-ortho nitro benzene ring substituents is 1. The molecule has 1 aromatic heterocycles. The topological polar surface area (TPSA) is 98.5 Å². The van der Waals surface area contributed by atoms with Crippen LogP contribution in [-0.2, 0) is 4.74 Å². The second kappa shape index (κ2) is 6.54. The van der Waals surface area contributed by atoms with Crippen molar-refractivity contribution in [1.82, 2.24) is 0 Å². The van der Waals surface area contributed by atoms with Crippen LogP contribution in [0.25, 0.3) is 0 Å². The number of benzene rings is 1. The van der Waals surface area contributed by atoms with Crippen molar-refractivity contribution in [1.29, 1.82) is 0 Å². The van der Waals surface area contributed by atoms with E-state index in [-0.39, 0.29) is 27.5 Å². The summed E-state index contributed by atoms with van der Waals surface area (Å²) >= 11 is 7.10. The fourth-order valence-electron chi connectivity index (χ4n) is 1.65. The van der Waals surface area contributed by atoms with Crippen LogP contribution in [0.5, 0.6) is 0 Å². The van der Waals surface area contributed by atoms with E-state index in [9.17, 15) is 19.7 Å². The van der Waals surface area contributed by atoms with Crippen molar-refractivity contribution in [3.63, 3.8) is 0 Å². The predicted octanol–water partition coefficient (Wildman–Crippen LogP) is 3.35. The van der Waals surface area contributed by atoms with Gasteiger partial charge >= 0.3 is 5.97 Å². The molecule has 2 rings (SSSR count). The summed E-state index contributed by atoms with van der Waals surface area (Å²) in [4.78, 5) is 33.9. The van der Waals surface area contributed by atoms with Crippen molar-refractivity contribution in [3.05, 3.63) is 55.2 Å². The number of amides is 1. The molecule has 1 amide bonds. The van der Waals surface area contributed by atoms with Gasteiger partial charge in [-0.15, -0.1) is 11.3 Å². The quantitative estimate of drug-likeness (QED) is 0.522. The number of rotatable bonds is 4. The molecule has 1 heterocycles. The zero-order valence-corrected chi connectivity index (χ0v) is 12.7. The summed E-state index contributed by atoms with van der Waals surface area (Å²) in [5.41, 5.74) is 0.137. The Morgan fingerprint density at radius 1 is 1.32 bits per heavy atom. The number of carbonyl (C=O) groups is 2. The van der Waals surface area contributed by atoms with E-state index < -0.39 is 16.8 Å². The number of hydrogen-bond donors (Lipinski definition) is 1. The van der Waals surface area contributed by atoms with E-state index in [1.165, 1.54) is 36.0 Å². The van der Waals surface area contributed by atoms with Crippen molar-refractivity contribution in [2.24, 2.45) is 0 Å². The van der Waals surface area contributed by atoms with E-state index in [1.807, 2.05) is 0 Å². The Morgan fingerprint density at radius 3 is 2.68 bits per heavy atom. The van der Waals surface area contributed by atoms with Gasteiger partial charge in [0.15, 0.2) is 0 Å². The highest BCUT2D eigenvalue weighted by Gasteiger charge is 2.19. The number of carbonyl (C=O) groups excluding carboxylic acids is 2. The van der Waals surface area contributed by atoms with Gasteiger partial charge in [-0.25, -0.2) is 4.79 Å². The molecule has 0 aliphatic heterocycles. The van der Waals surface area contributed by atoms with Crippen molar-refractivity contribution in [3.8, 4) is 0 Å². The number of nitrogens with zero attached hydrogens (tertiary/aromatic N) is 1. The average Bonchev–Trinajstić information content (AvgIpc) is 2.94. The Kier molecular flexibility index (Phi) is 4.74. The van der Waals surface area contributed by atoms with Gasteiger partial charge in [-0.1, -0.05) is 11.6 Å². The lowest BCUT2D eigenvalue weighted by Crippen LogP contribution is -2.15. The third kappa shape index (κ3) is 3.23. The molecule has 0 atom stereocenters. The van der Waals surface area contributed by atoms with Crippen molar-refractivity contribution < 1.29 is 19.2 Å². The first-order valence-corrected chi connectivity index (χ1v) is 7.16. The average molecular weight is 341 g/mol. The lowest BCUT2D eigenvalue weighted by Gasteiger charge is -2.07. The van der Waals surface area contributed by atoms with Gasteiger partial charge in [0.25, 0.3) is 11.6 Å². The summed E-state index contributed by atoms with van der Waals surface area (Å²) in [5.74, 6) is -1.25. The number of ether oxygens (including phenoxy) is 1. The highest BCUT2D eigenvalue weighted by molar-refractivity contribution is 7.08. The molecule has 0 aliphatic carbocycles. The van der Waals surface area contributed by atoms with E-state index in [2.05, 4.69) is 10.1 Å². The number of halogens is 1. The minimum Gasteiger partial charge on any atom is -0.465 e. The molecule has 1 N–H and O–H groups in total. The predicted molar refractivity (Wildman–Crippen MR) is 81.7 cm³/mol. The van der Waals surface area contributed by atoms with Gasteiger partial charge in [0.05, 0.1) is 33.9 Å². The number of hydrogen-bond acceptors (Lipinski definition) is 6. The van der Waals surface area contributed by atoms with Crippen LogP contribution < -0.4 is 5.32 Å². The van der Waals surface area contributed by atoms with E-state index in [0.717, 1.165) is 6.07 Å². The second-order valence-electron chi connectivity index (χ2n) is 4.07. The van der Waals surface area contributed by atoms with Gasteiger partial charge in [-0.3, -0.25) is 14.9 Å². The van der Waals surface area contributed by atoms with Crippen LogP contribution in [0.2, 0.25) is 5.02 Å². The molecule has 9 heteroatoms. The Bertz CT molecular complexity index is 759. The Morgan fingerprint density at radius 2 is 2.05 bits per heavy atom. The first kappa shape index (κ1) is 15.9. The van der Waals surface area contributed by atoms with Crippen LogP contribution in [-0.4, -0.2) is 23.9 Å². The monoisotopic (exact) mass is 340 g/mol. The van der Waals surface area contributed by atoms with Crippen molar-refractivity contribution in [2.75, 3.05) is 12.4 Å². The van der Waals surface area contributed by atoms with Gasteiger partial charge in [-0.05, 0) is 6.07 Å². The molecule has 2 aromatic rings. The number of methoxy groups -OCH3 is 1. The molecule has 0 saturated heterocycles. The van der Waals surface area contributed by atoms with Gasteiger partial charge in [0.2, 0.25) is 0 Å². The first-order valence-electron chi connectivity index (χ1n) is 5.84. The molecule has 1 aromatic carbocycles. The Labute approximate surface area is 133 Å². The van der Waals surface area contributed by atoms with Crippen molar-refractivity contribution >= 4 is 46.2 Å². The van der Waals surface area contributed by atoms with E-state index in [0.29, 0.717) is 0 Å². The van der Waals surface area contributed by atoms with Gasteiger partial charge in [0.1, 0.15) is 0 Å². The molecule has 0 spiro atoms. The largest absolute Gasteiger partial charge is 0.465 e. The van der Waals surface area contributed by atoms with Gasteiger partial charge in [0, 0.05) is 22.9 Å². The van der Waals surface area contributed by atoms with Crippen LogP contribution in [0.1, 0.15) is 20.7 Å². The highest BCUT2D eigenvalue weighted by atomic mass is 35.5. The van der Waals surface area contributed by atoms with Crippen LogP contribution >= 0.6 is 22.9 Å². The van der Waals surface area contributed by atoms with E-state index >= 15 is 0 Å². The summed E-state index contributed by atoms with van der Waals surface area (Å²) < 4.78 is 4.60. The third-order valence-electron chi connectivity index (χ3n) is 2.72. The molecule has 0 bridgehead atoms. The second-order valence-corrected chi connectivity index (χ2v) is 5.22. The minimum atomic E-state index is -0.655. The van der Waals surface area contributed by atoms with Crippen LogP contribution in [0, 0.1) is 10.1 Å². The van der Waals surface area contributed by atoms with E-state index in [4.69, 9.17) is 11.6 Å². The zero-order chi connectivity index (χ0) is 16.3. The molecule has 0 radical (unpaired) electrons. The zero-order valence-electron chi connectivity index (χ0n) is 11.2. The SMILES string of the molecule is COC(=O)c1cscc1NC(=O)c1cc([N+](=O)[O-])ccc1Cl. The maximum absolute atomic E-state index is 12.2. The standard InChI is InChI=1S/C13H9ClN2O5S/c1-21-13(18)9-5-22-6-11(9)15-12(17)8-4-7(16(19)20)2-3-10(8)14/h2-6H,1H3,(H,15,17). The van der Waals surface area contributed by atoms with Crippen LogP contribution in [0.3, 0.4) is 0 Å². The molecule has 0 aliphatic rings. The normalized spacial score (nSPS) is 10.1. The third-order valence-corrected chi connectivity index (χ3v) is 3.79. The Hall–Kier alpha value is -2.45. The molecular weight excluding hydrogens is 332 g/mol. The number of nitro benzene ring substituents is 1. The number of nitrogens with one attached hydrogen (secondary N) is 1. The summed E-state index contributed by atoms with van der Waals surface area (Å²) in [6.07, 6.45) is 0. The maximum atomic E-state index is 12.2. The van der Waals surface area contributed by atoms with Crippen LogP contribution in [0.15, 0.2) is 29.0 Å². The fraction of sp³-hybridized carbons (Fsp3) is 0.0769. The summed E-state index contributed by atoms with van der Waals surface area (Å²) in [7, 11) is 1.23. The van der Waals surface area contributed by atoms with E-state index in [1.54, 1.807) is 5.38 Å². The molecular formula is C13H9ClN2O5S. The van der Waals surface area contributed by atoms with Crippen LogP contribution in [0.4, 0.5) is 11.4 Å². The van der Waals surface area contributed by atoms with Crippen molar-refractivity contribution in [2.45, 2.75) is 0 Å². The van der Waals surface area contributed by atoms with Gasteiger partial charge in [-0.2, -0.15) is 0 Å². The molecule has 0 unspecified atom stereocenters. The Balaban J connectivity index is 2.30. The lowest BCUT2D eigenvalue weighted by molar-refractivity contribution is -0.384. The summed E-state index contributed by atoms with van der Waals surface area (Å²) in [6.45, 7) is 0. The lowest BCUT2D eigenvalue weighted by atomic mass is 10.1. The molecule has 0 fully saturated rings. The maximum Gasteiger partial charge on any atom is 0.340 e. The summed E-state index contributed by atoms with van der Waals surface area (Å²) in [6, 6.07) is 3.54. The number of thiophene rings is 1. The highest BCUT2D eigenvalue weighted by Crippen LogP contribution is 2.26.